The largest absolute Gasteiger partial charge is 0.478 e. The summed E-state index contributed by atoms with van der Waals surface area (Å²) in [6.45, 7) is 0. The van der Waals surface area contributed by atoms with E-state index in [1.165, 1.54) is 22.9 Å². The maximum atomic E-state index is 11.6. The molecule has 4 heteroatoms. The van der Waals surface area contributed by atoms with E-state index in [9.17, 15) is 9.59 Å². The maximum absolute atomic E-state index is 11.6. The van der Waals surface area contributed by atoms with Crippen LogP contribution < -0.4 is 5.56 Å². The summed E-state index contributed by atoms with van der Waals surface area (Å²) < 4.78 is 7.86. The first kappa shape index (κ1) is 8.91. The van der Waals surface area contributed by atoms with Crippen molar-refractivity contribution in [1.82, 2.24) is 4.57 Å². The van der Waals surface area contributed by atoms with Gasteiger partial charge in [0, 0.05) is 18.0 Å². The van der Waals surface area contributed by atoms with E-state index in [2.05, 4.69) is 5.11 Å². The minimum Gasteiger partial charge on any atom is -0.478 e. The molecule has 4 nitrogen and oxygen atoms in total. The number of carboxylic acid groups (broad SMARTS) is 1. The highest BCUT2D eigenvalue weighted by molar-refractivity contribution is 5.87. The van der Waals surface area contributed by atoms with Crippen molar-refractivity contribution in [3.05, 3.63) is 64.6 Å². The number of rotatable bonds is 2. The number of carboxylic acids is 1. The van der Waals surface area contributed by atoms with Crippen molar-refractivity contribution < 1.29 is 9.90 Å². The number of hydrogen-bond acceptors (Lipinski definition) is 3. The van der Waals surface area contributed by atoms with E-state index in [1.54, 1.807) is 24.3 Å². The van der Waals surface area contributed by atoms with E-state index in [4.69, 9.17) is 1.43 Å². The molecule has 1 N–H and O–H groups in total. The second kappa shape index (κ2) is 4.02. The van der Waals surface area contributed by atoms with Crippen molar-refractivity contribution in [2.45, 2.75) is 0 Å². The molecule has 80 valence electrons. The Balaban J connectivity index is 2.55. The topological polar surface area (TPSA) is 59.3 Å². The number of para-hydroxylation sites is 1. The lowest BCUT2D eigenvalue weighted by Gasteiger charge is -2.05. The molecule has 0 saturated heterocycles. The molecular weight excluding hydrogens is 206 g/mol. The highest BCUT2D eigenvalue weighted by atomic mass is 16.4. The third-order valence-electron chi connectivity index (χ3n) is 2.18. The van der Waals surface area contributed by atoms with E-state index in [0.717, 1.165) is 0 Å². The molecule has 1 aromatic heterocycles. The van der Waals surface area contributed by atoms with E-state index >= 15 is 0 Å². The minimum absolute atomic E-state index is 0.156. The third kappa shape index (κ3) is 1.86. The highest BCUT2D eigenvalue weighted by Crippen LogP contribution is 2.05. The summed E-state index contributed by atoms with van der Waals surface area (Å²) in [7, 11) is 0. The number of nitrogens with zero attached hydrogens (tertiary/aromatic N) is 1. The predicted octanol–water partition coefficient (Wildman–Crippen LogP) is 1.54. The van der Waals surface area contributed by atoms with Crippen LogP contribution in [0.15, 0.2) is 53.5 Å². The van der Waals surface area contributed by atoms with Crippen LogP contribution >= 0.6 is 0 Å². The second-order valence-corrected chi connectivity index (χ2v) is 3.25. The van der Waals surface area contributed by atoms with Crippen molar-refractivity contribution in [3.8, 4) is 5.69 Å². The standard InChI is InChI=1S/C12H9NO3/c14-11-7-6-9(12(15)16)8-13(11)10-4-2-1-3-5-10/h1-8H,(H,15,16)/i/hD. The van der Waals surface area contributed by atoms with Crippen LogP contribution in [0.4, 0.5) is 0 Å². The lowest BCUT2D eigenvalue weighted by Crippen LogP contribution is -2.18. The molecular formula is C12H9NO3. The van der Waals surface area contributed by atoms with Gasteiger partial charge in [0.1, 0.15) is 0 Å². The van der Waals surface area contributed by atoms with Gasteiger partial charge in [0.15, 0.2) is 0 Å². The van der Waals surface area contributed by atoms with Gasteiger partial charge in [-0.15, -0.1) is 0 Å². The Bertz CT molecular complexity index is 592. The molecule has 0 amide bonds. The van der Waals surface area contributed by atoms with Gasteiger partial charge >= 0.3 is 5.97 Å². The van der Waals surface area contributed by atoms with Gasteiger partial charge in [0.25, 0.3) is 6.99 Å². The molecule has 0 aliphatic carbocycles. The van der Waals surface area contributed by atoms with Crippen molar-refractivity contribution in [2.75, 3.05) is 0 Å². The molecule has 16 heavy (non-hydrogen) atoms. The predicted molar refractivity (Wildman–Crippen MR) is 59.0 cm³/mol. The SMILES string of the molecule is [2H]OC(=O)c1ccc(=O)n(-c2ccccc2)c1. The Morgan fingerprint density at radius 3 is 2.62 bits per heavy atom. The summed E-state index contributed by atoms with van der Waals surface area (Å²) in [5.41, 5.74) is 0.554. The molecule has 0 bridgehead atoms. The molecule has 0 aliphatic rings. The van der Waals surface area contributed by atoms with Crippen molar-refractivity contribution in [1.29, 1.82) is 1.43 Å². The van der Waals surface area contributed by atoms with Gasteiger partial charge in [-0.25, -0.2) is 4.79 Å². The fourth-order valence-corrected chi connectivity index (χ4v) is 1.40. The van der Waals surface area contributed by atoms with Gasteiger partial charge in [-0.1, -0.05) is 18.2 Å². The van der Waals surface area contributed by atoms with Crippen LogP contribution in [0.25, 0.3) is 7.12 Å². The van der Waals surface area contributed by atoms with Crippen LogP contribution in [0, 0.1) is 0 Å². The van der Waals surface area contributed by atoms with Gasteiger partial charge in [-0.3, -0.25) is 9.36 Å². The number of carbonyl (C=O) groups is 1. The molecule has 0 spiro atoms. The Morgan fingerprint density at radius 1 is 1.19 bits per heavy atom. The smallest absolute Gasteiger partial charge is 0.337 e. The number of pyridine rings is 1. The van der Waals surface area contributed by atoms with Gasteiger partial charge in [0.2, 0.25) is 0 Å². The molecule has 0 atom stereocenters. The van der Waals surface area contributed by atoms with E-state index in [0.29, 0.717) is 5.69 Å². The summed E-state index contributed by atoms with van der Waals surface area (Å²) >= 11 is 0. The molecule has 0 fully saturated rings. The van der Waals surface area contributed by atoms with E-state index in [-0.39, 0.29) is 11.1 Å². The van der Waals surface area contributed by atoms with Crippen LogP contribution in [0.5, 0.6) is 0 Å². The Kier molecular flexibility index (Phi) is 2.24. The summed E-state index contributed by atoms with van der Waals surface area (Å²) in [6.07, 6.45) is 1.36. The lowest BCUT2D eigenvalue weighted by molar-refractivity contribution is 0.0696. The first-order valence-corrected chi connectivity index (χ1v) is 4.68. The zero-order chi connectivity index (χ0) is 12.3. The molecule has 1 heterocycles. The Morgan fingerprint density at radius 2 is 1.94 bits per heavy atom. The highest BCUT2D eigenvalue weighted by Gasteiger charge is 2.05. The zero-order valence-electron chi connectivity index (χ0n) is 9.29. The zero-order valence-corrected chi connectivity index (χ0v) is 8.29. The summed E-state index contributed by atoms with van der Waals surface area (Å²) in [5, 5.41) is 3.86. The normalized spacial score (nSPS) is 10.6. The molecule has 1 aromatic carbocycles. The number of benzene rings is 1. The fraction of sp³-hybridized carbons (Fsp3) is 0. The van der Waals surface area contributed by atoms with Crippen LogP contribution in [0.1, 0.15) is 10.4 Å². The van der Waals surface area contributed by atoms with E-state index < -0.39 is 5.97 Å². The van der Waals surface area contributed by atoms with Gasteiger partial charge in [-0.05, 0) is 18.2 Å². The average molecular weight is 216 g/mol. The van der Waals surface area contributed by atoms with Gasteiger partial charge < -0.3 is 5.11 Å². The van der Waals surface area contributed by atoms with E-state index in [1.807, 2.05) is 6.07 Å². The van der Waals surface area contributed by atoms with Gasteiger partial charge in [-0.2, -0.15) is 0 Å². The molecule has 0 saturated carbocycles. The Labute approximate surface area is 92.9 Å². The number of hydrogen-bond donors (Lipinski definition) is 1. The average Bonchev–Trinajstić information content (AvgIpc) is 2.39. The molecule has 0 aliphatic heterocycles. The van der Waals surface area contributed by atoms with Crippen molar-refractivity contribution >= 4 is 5.97 Å². The van der Waals surface area contributed by atoms with Crippen LogP contribution in [-0.4, -0.2) is 15.6 Å². The van der Waals surface area contributed by atoms with Crippen LogP contribution in [0.3, 0.4) is 0 Å². The summed E-state index contributed by atoms with van der Waals surface area (Å²) in [6, 6.07) is 11.5. The van der Waals surface area contributed by atoms with Crippen molar-refractivity contribution in [3.63, 3.8) is 0 Å². The monoisotopic (exact) mass is 216 g/mol. The quantitative estimate of drug-likeness (QED) is 0.828. The van der Waals surface area contributed by atoms with Crippen LogP contribution in [-0.2, 0) is 0 Å². The van der Waals surface area contributed by atoms with Crippen LogP contribution in [0.2, 0.25) is 0 Å². The third-order valence-corrected chi connectivity index (χ3v) is 2.18. The first-order chi connectivity index (χ1) is 8.22. The maximum Gasteiger partial charge on any atom is 0.337 e. The molecule has 0 unspecified atom stereocenters. The fourth-order valence-electron chi connectivity index (χ4n) is 1.40. The summed E-state index contributed by atoms with van der Waals surface area (Å²) in [4.78, 5) is 22.8. The molecule has 2 rings (SSSR count). The minimum atomic E-state index is -0.797. The first-order valence-electron chi connectivity index (χ1n) is 5.09. The lowest BCUT2D eigenvalue weighted by atomic mass is 10.2. The summed E-state index contributed by atoms with van der Waals surface area (Å²) in [5.74, 6) is -0.797. The second-order valence-electron chi connectivity index (χ2n) is 3.25. The van der Waals surface area contributed by atoms with Gasteiger partial charge in [0.05, 0.1) is 5.56 Å². The molecule has 0 radical (unpaired) electrons. The van der Waals surface area contributed by atoms with Crippen molar-refractivity contribution in [2.24, 2.45) is 0 Å². The number of aromatic nitrogens is 1. The Hall–Kier alpha value is -2.36. The molecule has 2 aromatic rings. The number of aromatic carboxylic acids is 1.